The quantitative estimate of drug-likeness (QED) is 0.250. The second-order valence-electron chi connectivity index (χ2n) is 9.28. The number of nitro benzene ring substituents is 1. The number of benzene rings is 2. The van der Waals surface area contributed by atoms with Crippen molar-refractivity contribution in [1.29, 1.82) is 0 Å². The largest absolute Gasteiger partial charge is 0.868 e. The van der Waals surface area contributed by atoms with Crippen molar-refractivity contribution < 1.29 is 38.4 Å². The second-order valence-corrected chi connectivity index (χ2v) is 9.28. The van der Waals surface area contributed by atoms with E-state index in [4.69, 9.17) is 13.9 Å². The fourth-order valence-corrected chi connectivity index (χ4v) is 5.08. The number of Topliss-reactive ketones (excluding diaryl/α,β-unsaturated/α-hetero) is 1. The first-order valence-corrected chi connectivity index (χ1v) is 12.4. The van der Waals surface area contributed by atoms with Crippen molar-refractivity contribution in [1.82, 2.24) is 4.90 Å². The van der Waals surface area contributed by atoms with Crippen LogP contribution in [0.2, 0.25) is 0 Å². The zero-order valence-corrected chi connectivity index (χ0v) is 20.8. The highest BCUT2D eigenvalue weighted by Crippen LogP contribution is 2.40. The summed E-state index contributed by atoms with van der Waals surface area (Å²) in [6.07, 6.45) is 0.612. The summed E-state index contributed by atoms with van der Waals surface area (Å²) in [5, 5.41) is 25.0. The summed E-state index contributed by atoms with van der Waals surface area (Å²) < 4.78 is 16.5. The molecule has 1 atom stereocenters. The molecule has 11 heteroatoms. The molecule has 5 rings (SSSR count). The minimum absolute atomic E-state index is 0.0906. The first-order chi connectivity index (χ1) is 18.4. The number of nitro groups is 1. The molecule has 1 unspecified atom stereocenters. The van der Waals surface area contributed by atoms with Crippen LogP contribution in [0.15, 0.2) is 64.3 Å². The van der Waals surface area contributed by atoms with Crippen LogP contribution in [0.1, 0.15) is 28.6 Å². The average Bonchev–Trinajstić information content (AvgIpc) is 3.48. The van der Waals surface area contributed by atoms with Gasteiger partial charge in [-0.1, -0.05) is 12.1 Å². The number of nitrogens with one attached hydrogen (secondary N) is 1. The fraction of sp³-hybridized carbons (Fsp3) is 0.333. The number of hydrogen-bond acceptors (Lipinski definition) is 8. The Morgan fingerprint density at radius 3 is 2.61 bits per heavy atom. The Labute approximate surface area is 218 Å². The topological polar surface area (TPSA) is 140 Å². The number of ketones is 1. The van der Waals surface area contributed by atoms with E-state index in [-0.39, 0.29) is 23.6 Å². The lowest BCUT2D eigenvalue weighted by Crippen LogP contribution is -3.14. The van der Waals surface area contributed by atoms with Gasteiger partial charge in [0.25, 0.3) is 5.69 Å². The lowest BCUT2D eigenvalue weighted by molar-refractivity contribution is -0.908. The maximum absolute atomic E-state index is 13.7. The van der Waals surface area contributed by atoms with Gasteiger partial charge in [0.05, 0.1) is 37.8 Å². The first kappa shape index (κ1) is 25.4. The molecule has 1 aromatic heterocycles. The van der Waals surface area contributed by atoms with E-state index >= 15 is 0 Å². The number of nitrogens with zero attached hydrogens (tertiary/aromatic N) is 2. The van der Waals surface area contributed by atoms with Gasteiger partial charge >= 0.3 is 0 Å². The van der Waals surface area contributed by atoms with Crippen molar-refractivity contribution >= 4 is 28.3 Å². The van der Waals surface area contributed by atoms with Crippen LogP contribution in [0.5, 0.6) is 5.75 Å². The minimum atomic E-state index is -0.988. The van der Waals surface area contributed by atoms with E-state index in [1.165, 1.54) is 47.2 Å². The molecule has 0 saturated carbocycles. The van der Waals surface area contributed by atoms with E-state index in [1.54, 1.807) is 18.2 Å². The molecule has 11 nitrogen and oxygen atoms in total. The number of carbonyl (C=O) groups excluding carboxylic acids is 2. The molecular formula is C27H27N3O8. The zero-order valence-electron chi connectivity index (χ0n) is 20.8. The normalized spacial score (nSPS) is 18.4. The molecule has 1 amide bonds. The van der Waals surface area contributed by atoms with Crippen LogP contribution in [0, 0.1) is 10.1 Å². The van der Waals surface area contributed by atoms with Gasteiger partial charge in [0.15, 0.2) is 17.1 Å². The Morgan fingerprint density at radius 2 is 1.92 bits per heavy atom. The molecule has 2 aromatic carbocycles. The van der Waals surface area contributed by atoms with Gasteiger partial charge in [0.1, 0.15) is 13.1 Å². The number of hydrogen-bond donors (Lipinski definition) is 1. The molecule has 38 heavy (non-hydrogen) atoms. The SMILES string of the molecule is COc1cccc2cc(C(=O)C3=C([O-])C(=O)N(CCC[NH+]4CCOCC4)C3c3ccc([N+](=O)[O-])cc3)oc12. The smallest absolute Gasteiger partial charge is 0.269 e. The monoisotopic (exact) mass is 521 g/mol. The van der Waals surface area contributed by atoms with Crippen molar-refractivity contribution in [3.8, 4) is 5.75 Å². The number of furan rings is 1. The Hall–Kier alpha value is -4.22. The van der Waals surface area contributed by atoms with Crippen molar-refractivity contribution in [2.75, 3.05) is 46.5 Å². The van der Waals surface area contributed by atoms with Crippen LogP contribution in [-0.4, -0.2) is 68.0 Å². The molecule has 1 saturated heterocycles. The standard InChI is InChI=1S/C27H27N3O8/c1-36-20-5-2-4-18-16-21(38-26(18)20)24(31)22-23(17-6-8-19(9-7-17)30(34)35)29(27(33)25(22)32)11-3-10-28-12-14-37-15-13-28/h2,4-9,16,23,32H,3,10-15H2,1H3. The van der Waals surface area contributed by atoms with Gasteiger partial charge in [-0.3, -0.25) is 19.7 Å². The Bertz CT molecular complexity index is 1410. The van der Waals surface area contributed by atoms with Gasteiger partial charge in [-0.25, -0.2) is 0 Å². The molecular weight excluding hydrogens is 494 g/mol. The molecule has 0 aliphatic carbocycles. The lowest BCUT2D eigenvalue weighted by Gasteiger charge is -2.29. The first-order valence-electron chi connectivity index (χ1n) is 12.4. The van der Waals surface area contributed by atoms with Crippen LogP contribution in [-0.2, 0) is 9.53 Å². The van der Waals surface area contributed by atoms with Crippen molar-refractivity contribution in [3.63, 3.8) is 0 Å². The van der Waals surface area contributed by atoms with Crippen molar-refractivity contribution in [3.05, 3.63) is 81.3 Å². The summed E-state index contributed by atoms with van der Waals surface area (Å²) in [7, 11) is 1.48. The van der Waals surface area contributed by atoms with Gasteiger partial charge in [-0.05, 0) is 35.6 Å². The zero-order chi connectivity index (χ0) is 26.8. The number of methoxy groups -OCH3 is 1. The predicted molar refractivity (Wildman–Crippen MR) is 133 cm³/mol. The average molecular weight is 522 g/mol. The van der Waals surface area contributed by atoms with Crippen LogP contribution in [0.25, 0.3) is 11.0 Å². The van der Waals surface area contributed by atoms with Gasteiger partial charge < -0.3 is 28.8 Å². The van der Waals surface area contributed by atoms with Crippen LogP contribution < -0.4 is 14.7 Å². The molecule has 3 aromatic rings. The fourth-order valence-electron chi connectivity index (χ4n) is 5.08. The highest BCUT2D eigenvalue weighted by atomic mass is 16.6. The van der Waals surface area contributed by atoms with Gasteiger partial charge in [0.2, 0.25) is 11.7 Å². The van der Waals surface area contributed by atoms with Crippen molar-refractivity contribution in [2.45, 2.75) is 12.5 Å². The maximum atomic E-state index is 13.7. The maximum Gasteiger partial charge on any atom is 0.269 e. The summed E-state index contributed by atoms with van der Waals surface area (Å²) in [5.74, 6) is -2.04. The van der Waals surface area contributed by atoms with E-state index in [9.17, 15) is 24.8 Å². The number of rotatable bonds is 9. The number of para-hydroxylation sites is 1. The lowest BCUT2D eigenvalue weighted by atomic mass is 9.94. The second kappa shape index (κ2) is 10.6. The Morgan fingerprint density at radius 1 is 1.18 bits per heavy atom. The minimum Gasteiger partial charge on any atom is -0.868 e. The van der Waals surface area contributed by atoms with E-state index < -0.39 is 28.4 Å². The summed E-state index contributed by atoms with van der Waals surface area (Å²) in [4.78, 5) is 40.3. The van der Waals surface area contributed by atoms with Gasteiger partial charge in [-0.15, -0.1) is 0 Å². The number of morpholine rings is 1. The number of quaternary nitrogens is 1. The van der Waals surface area contributed by atoms with E-state index in [2.05, 4.69) is 0 Å². The molecule has 2 aliphatic heterocycles. The third-order valence-corrected chi connectivity index (χ3v) is 7.03. The van der Waals surface area contributed by atoms with E-state index in [1.807, 2.05) is 0 Å². The Kier molecular flexibility index (Phi) is 7.12. The number of amides is 1. The number of carbonyl (C=O) groups is 2. The highest BCUT2D eigenvalue weighted by Gasteiger charge is 2.40. The summed E-state index contributed by atoms with van der Waals surface area (Å²) >= 11 is 0. The number of fused-ring (bicyclic) bond motifs is 1. The molecule has 2 aliphatic rings. The van der Waals surface area contributed by atoms with Crippen LogP contribution in [0.3, 0.4) is 0 Å². The van der Waals surface area contributed by atoms with Crippen LogP contribution >= 0.6 is 0 Å². The van der Waals surface area contributed by atoms with Gasteiger partial charge in [-0.2, -0.15) is 0 Å². The van der Waals surface area contributed by atoms with E-state index in [0.29, 0.717) is 41.9 Å². The number of ether oxygens (including phenoxy) is 2. The molecule has 1 N–H and O–H groups in total. The molecule has 3 heterocycles. The third kappa shape index (κ3) is 4.73. The molecule has 0 bridgehead atoms. The molecule has 198 valence electrons. The van der Waals surface area contributed by atoms with Gasteiger partial charge in [0, 0.05) is 36.1 Å². The summed E-state index contributed by atoms with van der Waals surface area (Å²) in [6, 6.07) is 11.3. The highest BCUT2D eigenvalue weighted by molar-refractivity contribution is 6.16. The molecule has 0 radical (unpaired) electrons. The molecule has 1 fully saturated rings. The molecule has 0 spiro atoms. The predicted octanol–water partition coefficient (Wildman–Crippen LogP) is 1.04. The third-order valence-electron chi connectivity index (χ3n) is 7.03. The number of non-ortho nitro benzene ring substituents is 1. The van der Waals surface area contributed by atoms with Crippen molar-refractivity contribution in [2.24, 2.45) is 0 Å². The van der Waals surface area contributed by atoms with E-state index in [0.717, 1.165) is 19.6 Å². The summed E-state index contributed by atoms with van der Waals surface area (Å²) in [6.45, 7) is 4.11. The Balaban J connectivity index is 1.48. The summed E-state index contributed by atoms with van der Waals surface area (Å²) in [5.41, 5.74) is 0.420. The van der Waals surface area contributed by atoms with Crippen LogP contribution in [0.4, 0.5) is 5.69 Å².